The minimum Gasteiger partial charge on any atom is -0.388 e. The topological polar surface area (TPSA) is 44.0 Å². The van der Waals surface area contributed by atoms with Crippen LogP contribution < -0.4 is 0 Å². The first kappa shape index (κ1) is 13.9. The van der Waals surface area contributed by atoms with Crippen LogP contribution in [0.2, 0.25) is 10.0 Å². The van der Waals surface area contributed by atoms with Crippen LogP contribution in [-0.4, -0.2) is 5.11 Å². The quantitative estimate of drug-likeness (QED) is 0.924. The maximum absolute atomic E-state index is 10.2. The van der Waals surface area contributed by atoms with Crippen LogP contribution in [0.4, 0.5) is 0 Å². The molecule has 96 valence electrons. The van der Waals surface area contributed by atoms with Crippen molar-refractivity contribution in [1.82, 2.24) is 0 Å². The van der Waals surface area contributed by atoms with Crippen LogP contribution in [0.15, 0.2) is 42.5 Å². The van der Waals surface area contributed by atoms with E-state index in [4.69, 9.17) is 28.5 Å². The van der Waals surface area contributed by atoms with E-state index in [1.165, 1.54) is 0 Å². The average molecular weight is 292 g/mol. The van der Waals surface area contributed by atoms with Gasteiger partial charge in [0.15, 0.2) is 0 Å². The Labute approximate surface area is 121 Å². The largest absolute Gasteiger partial charge is 0.388 e. The molecular formula is C15H11Cl2NO. The minimum atomic E-state index is -0.675. The van der Waals surface area contributed by atoms with Crippen LogP contribution in [0.1, 0.15) is 22.8 Å². The normalized spacial score (nSPS) is 11.9. The van der Waals surface area contributed by atoms with Gasteiger partial charge in [-0.2, -0.15) is 5.26 Å². The summed E-state index contributed by atoms with van der Waals surface area (Å²) in [5.41, 5.74) is 2.14. The van der Waals surface area contributed by atoms with E-state index in [0.29, 0.717) is 27.6 Å². The van der Waals surface area contributed by atoms with E-state index in [-0.39, 0.29) is 0 Å². The molecule has 1 N–H and O–H groups in total. The van der Waals surface area contributed by atoms with Gasteiger partial charge < -0.3 is 5.11 Å². The molecule has 0 bridgehead atoms. The van der Waals surface area contributed by atoms with Crippen molar-refractivity contribution in [2.24, 2.45) is 0 Å². The number of hydrogen-bond acceptors (Lipinski definition) is 2. The van der Waals surface area contributed by atoms with Crippen molar-refractivity contribution in [3.05, 3.63) is 69.2 Å². The van der Waals surface area contributed by atoms with Crippen molar-refractivity contribution in [3.8, 4) is 6.07 Å². The Kier molecular flexibility index (Phi) is 4.44. The van der Waals surface area contributed by atoms with Crippen LogP contribution in [0.5, 0.6) is 0 Å². The molecule has 2 aromatic carbocycles. The molecule has 0 aromatic heterocycles. The van der Waals surface area contributed by atoms with E-state index in [1.807, 2.05) is 6.07 Å². The summed E-state index contributed by atoms with van der Waals surface area (Å²) in [6, 6.07) is 14.3. The molecule has 19 heavy (non-hydrogen) atoms. The zero-order valence-electron chi connectivity index (χ0n) is 9.98. The van der Waals surface area contributed by atoms with Gasteiger partial charge in [0.25, 0.3) is 0 Å². The monoisotopic (exact) mass is 291 g/mol. The van der Waals surface area contributed by atoms with Gasteiger partial charge in [-0.3, -0.25) is 0 Å². The second-order valence-corrected chi connectivity index (χ2v) is 5.02. The summed E-state index contributed by atoms with van der Waals surface area (Å²) in [5.74, 6) is 0. The van der Waals surface area contributed by atoms with Crippen molar-refractivity contribution < 1.29 is 5.11 Å². The maximum Gasteiger partial charge on any atom is 0.0991 e. The summed E-state index contributed by atoms with van der Waals surface area (Å²) in [4.78, 5) is 0. The number of benzene rings is 2. The lowest BCUT2D eigenvalue weighted by atomic mass is 10.00. The Balaban J connectivity index is 2.18. The molecule has 0 saturated carbocycles. The Hall–Kier alpha value is -1.53. The molecule has 0 aliphatic rings. The molecule has 0 aliphatic heterocycles. The Morgan fingerprint density at radius 1 is 1.11 bits per heavy atom. The number of aliphatic hydroxyl groups is 1. The second kappa shape index (κ2) is 6.08. The Morgan fingerprint density at radius 2 is 1.89 bits per heavy atom. The number of hydrogen-bond donors (Lipinski definition) is 1. The molecule has 1 unspecified atom stereocenters. The highest BCUT2D eigenvalue weighted by molar-refractivity contribution is 6.42. The molecule has 0 heterocycles. The molecule has 1 atom stereocenters. The molecule has 0 radical (unpaired) electrons. The van der Waals surface area contributed by atoms with Crippen molar-refractivity contribution >= 4 is 23.2 Å². The fraction of sp³-hybridized carbons (Fsp3) is 0.133. The van der Waals surface area contributed by atoms with Crippen LogP contribution in [0.3, 0.4) is 0 Å². The standard InChI is InChI=1S/C15H11Cl2NO/c16-13-5-4-10(7-14(13)17)8-15(19)12-3-1-2-11(6-12)9-18/h1-7,15,19H,8H2. The minimum absolute atomic E-state index is 0.422. The highest BCUT2D eigenvalue weighted by Crippen LogP contribution is 2.25. The Bertz CT molecular complexity index is 634. The van der Waals surface area contributed by atoms with Crippen molar-refractivity contribution in [2.45, 2.75) is 12.5 Å². The van der Waals surface area contributed by atoms with Gasteiger partial charge in [0.1, 0.15) is 0 Å². The summed E-state index contributed by atoms with van der Waals surface area (Å²) >= 11 is 11.8. The predicted molar refractivity (Wildman–Crippen MR) is 76.3 cm³/mol. The number of halogens is 2. The van der Waals surface area contributed by atoms with Crippen LogP contribution in [0.25, 0.3) is 0 Å². The SMILES string of the molecule is N#Cc1cccc(C(O)Cc2ccc(Cl)c(Cl)c2)c1. The third kappa shape index (κ3) is 3.48. The van der Waals surface area contributed by atoms with Crippen LogP contribution >= 0.6 is 23.2 Å². The lowest BCUT2D eigenvalue weighted by molar-refractivity contribution is 0.178. The maximum atomic E-state index is 10.2. The van der Waals surface area contributed by atoms with Gasteiger partial charge in [-0.05, 0) is 35.4 Å². The molecule has 0 amide bonds. The van der Waals surface area contributed by atoms with E-state index < -0.39 is 6.10 Å². The summed E-state index contributed by atoms with van der Waals surface area (Å²) in [6.07, 6.45) is -0.253. The average Bonchev–Trinajstić information content (AvgIpc) is 2.43. The summed E-state index contributed by atoms with van der Waals surface area (Å²) in [6.45, 7) is 0. The number of nitrogens with zero attached hydrogens (tertiary/aromatic N) is 1. The first-order valence-corrected chi connectivity index (χ1v) is 6.48. The van der Waals surface area contributed by atoms with E-state index in [0.717, 1.165) is 5.56 Å². The fourth-order valence-electron chi connectivity index (χ4n) is 1.82. The number of nitriles is 1. The van der Waals surface area contributed by atoms with Gasteiger partial charge in [0, 0.05) is 6.42 Å². The first-order valence-electron chi connectivity index (χ1n) is 5.72. The van der Waals surface area contributed by atoms with E-state index in [1.54, 1.807) is 36.4 Å². The molecular weight excluding hydrogens is 281 g/mol. The van der Waals surface area contributed by atoms with Crippen molar-refractivity contribution in [2.75, 3.05) is 0 Å². The smallest absolute Gasteiger partial charge is 0.0991 e. The third-order valence-corrected chi connectivity index (χ3v) is 3.55. The molecule has 4 heteroatoms. The lowest BCUT2D eigenvalue weighted by Gasteiger charge is -2.12. The molecule has 2 rings (SSSR count). The van der Waals surface area contributed by atoms with Gasteiger partial charge in [0.2, 0.25) is 0 Å². The highest BCUT2D eigenvalue weighted by Gasteiger charge is 2.10. The van der Waals surface area contributed by atoms with Crippen molar-refractivity contribution in [3.63, 3.8) is 0 Å². The third-order valence-electron chi connectivity index (χ3n) is 2.81. The van der Waals surface area contributed by atoms with Gasteiger partial charge in [-0.15, -0.1) is 0 Å². The molecule has 0 fully saturated rings. The van der Waals surface area contributed by atoms with Gasteiger partial charge in [0.05, 0.1) is 27.8 Å². The first-order chi connectivity index (χ1) is 9.10. The van der Waals surface area contributed by atoms with Crippen LogP contribution in [-0.2, 0) is 6.42 Å². The molecule has 2 nitrogen and oxygen atoms in total. The van der Waals surface area contributed by atoms with Gasteiger partial charge in [-0.1, -0.05) is 41.4 Å². The van der Waals surface area contributed by atoms with Gasteiger partial charge >= 0.3 is 0 Å². The summed E-state index contributed by atoms with van der Waals surface area (Å²) < 4.78 is 0. The molecule has 0 aliphatic carbocycles. The highest BCUT2D eigenvalue weighted by atomic mass is 35.5. The van der Waals surface area contributed by atoms with E-state index in [9.17, 15) is 5.11 Å². The summed E-state index contributed by atoms with van der Waals surface area (Å²) in [5, 5.41) is 20.0. The fourth-order valence-corrected chi connectivity index (χ4v) is 2.14. The molecule has 0 saturated heterocycles. The molecule has 0 spiro atoms. The second-order valence-electron chi connectivity index (χ2n) is 4.21. The lowest BCUT2D eigenvalue weighted by Crippen LogP contribution is -2.02. The zero-order valence-corrected chi connectivity index (χ0v) is 11.5. The number of aliphatic hydroxyl groups excluding tert-OH is 1. The molecule has 2 aromatic rings. The van der Waals surface area contributed by atoms with Gasteiger partial charge in [-0.25, -0.2) is 0 Å². The van der Waals surface area contributed by atoms with Crippen molar-refractivity contribution in [1.29, 1.82) is 5.26 Å². The summed E-state index contributed by atoms with van der Waals surface area (Å²) in [7, 11) is 0. The predicted octanol–water partition coefficient (Wildman–Crippen LogP) is 4.14. The zero-order chi connectivity index (χ0) is 13.8. The Morgan fingerprint density at radius 3 is 2.58 bits per heavy atom. The van der Waals surface area contributed by atoms with E-state index in [2.05, 4.69) is 6.07 Å². The van der Waals surface area contributed by atoms with Crippen LogP contribution in [0, 0.1) is 11.3 Å². The number of rotatable bonds is 3. The van der Waals surface area contributed by atoms with E-state index >= 15 is 0 Å².